The number of carbonyl (C=O) groups is 2. The van der Waals surface area contributed by atoms with E-state index in [4.69, 9.17) is 5.26 Å². The predicted octanol–water partition coefficient (Wildman–Crippen LogP) is 1.84. The van der Waals surface area contributed by atoms with Crippen molar-refractivity contribution < 1.29 is 9.59 Å². The van der Waals surface area contributed by atoms with E-state index in [0.717, 1.165) is 10.5 Å². The first kappa shape index (κ1) is 13.0. The van der Waals surface area contributed by atoms with Crippen molar-refractivity contribution in [2.24, 2.45) is 11.8 Å². The number of hydrogen-bond donors (Lipinski definition) is 0. The normalized spacial score (nSPS) is 25.5. The highest BCUT2D eigenvalue weighted by atomic mass is 16.2. The first-order valence-corrected chi connectivity index (χ1v) is 6.04. The van der Waals surface area contributed by atoms with Crippen LogP contribution in [0.1, 0.15) is 12.5 Å². The fraction of sp³-hybridized carbons (Fsp3) is 0.267. The van der Waals surface area contributed by atoms with Crippen LogP contribution in [0, 0.1) is 23.2 Å². The van der Waals surface area contributed by atoms with Crippen molar-refractivity contribution in [1.82, 2.24) is 4.90 Å². The van der Waals surface area contributed by atoms with Gasteiger partial charge in [0.05, 0.1) is 6.07 Å². The third-order valence-electron chi connectivity index (χ3n) is 3.40. The maximum atomic E-state index is 12.1. The molecule has 1 saturated heterocycles. The van der Waals surface area contributed by atoms with Crippen LogP contribution in [0.5, 0.6) is 0 Å². The van der Waals surface area contributed by atoms with Gasteiger partial charge in [-0.1, -0.05) is 37.3 Å². The zero-order valence-corrected chi connectivity index (χ0v) is 10.8. The molecule has 0 bridgehead atoms. The Morgan fingerprint density at radius 3 is 2.47 bits per heavy atom. The fourth-order valence-corrected chi connectivity index (χ4v) is 2.18. The molecule has 0 radical (unpaired) electrons. The van der Waals surface area contributed by atoms with E-state index >= 15 is 0 Å². The molecule has 2 rings (SSSR count). The smallest absolute Gasteiger partial charge is 0.256 e. The monoisotopic (exact) mass is 254 g/mol. The van der Waals surface area contributed by atoms with Crippen molar-refractivity contribution >= 4 is 17.9 Å². The Hall–Kier alpha value is -2.41. The van der Waals surface area contributed by atoms with Crippen LogP contribution >= 0.6 is 0 Å². The predicted molar refractivity (Wildman–Crippen MR) is 70.5 cm³/mol. The van der Waals surface area contributed by atoms with E-state index < -0.39 is 11.8 Å². The van der Waals surface area contributed by atoms with E-state index in [2.05, 4.69) is 0 Å². The summed E-state index contributed by atoms with van der Waals surface area (Å²) in [5, 5.41) is 9.08. The first-order valence-electron chi connectivity index (χ1n) is 6.04. The minimum Gasteiger partial charge on any atom is -0.281 e. The largest absolute Gasteiger partial charge is 0.281 e. The lowest BCUT2D eigenvalue weighted by Gasteiger charge is -2.31. The molecular weight excluding hydrogens is 240 g/mol. The molecule has 4 heteroatoms. The molecule has 0 aliphatic carbocycles. The molecule has 19 heavy (non-hydrogen) atoms. The summed E-state index contributed by atoms with van der Waals surface area (Å²) in [6.45, 7) is 1.74. The number of imide groups is 1. The summed E-state index contributed by atoms with van der Waals surface area (Å²) in [6.07, 6.45) is 1.75. The summed E-state index contributed by atoms with van der Waals surface area (Å²) in [5.41, 5.74) is 1.39. The van der Waals surface area contributed by atoms with Gasteiger partial charge in [-0.05, 0) is 11.6 Å². The van der Waals surface area contributed by atoms with Crippen LogP contribution in [0.2, 0.25) is 0 Å². The molecule has 1 heterocycles. The average molecular weight is 254 g/mol. The number of hydrogen-bond acceptors (Lipinski definition) is 3. The van der Waals surface area contributed by atoms with Gasteiger partial charge in [0.25, 0.3) is 5.91 Å². The minimum absolute atomic E-state index is 0.326. The zero-order chi connectivity index (χ0) is 14.0. The van der Waals surface area contributed by atoms with Crippen molar-refractivity contribution in [3.8, 4) is 6.07 Å². The maximum Gasteiger partial charge on any atom is 0.256 e. The second kappa shape index (κ2) is 5.07. The van der Waals surface area contributed by atoms with Crippen molar-refractivity contribution in [1.29, 1.82) is 5.26 Å². The number of likely N-dealkylation sites (N-methyl/N-ethyl adjacent to an activating group) is 1. The second-order valence-electron chi connectivity index (χ2n) is 4.61. The highest BCUT2D eigenvalue weighted by Crippen LogP contribution is 2.30. The minimum atomic E-state index is -0.794. The Labute approximate surface area is 111 Å². The van der Waals surface area contributed by atoms with Gasteiger partial charge in [0.1, 0.15) is 5.92 Å². The van der Waals surface area contributed by atoms with Crippen molar-refractivity contribution in [2.75, 3.05) is 7.05 Å². The van der Waals surface area contributed by atoms with Crippen LogP contribution < -0.4 is 0 Å². The highest BCUT2D eigenvalue weighted by Gasteiger charge is 2.40. The van der Waals surface area contributed by atoms with Crippen LogP contribution in [0.25, 0.3) is 6.08 Å². The molecular formula is C15H14N2O2. The van der Waals surface area contributed by atoms with Crippen LogP contribution in [-0.2, 0) is 9.59 Å². The molecule has 0 spiro atoms. The van der Waals surface area contributed by atoms with E-state index in [1.165, 1.54) is 7.05 Å². The van der Waals surface area contributed by atoms with Crippen molar-refractivity contribution in [3.05, 3.63) is 41.5 Å². The third kappa shape index (κ3) is 2.27. The van der Waals surface area contributed by atoms with Gasteiger partial charge in [-0.2, -0.15) is 5.26 Å². The molecule has 96 valence electrons. The number of carbonyl (C=O) groups excluding carboxylic acids is 2. The molecule has 1 aromatic carbocycles. The average Bonchev–Trinajstić information content (AvgIpc) is 2.43. The Morgan fingerprint density at radius 1 is 1.26 bits per heavy atom. The van der Waals surface area contributed by atoms with Crippen LogP contribution in [0.3, 0.4) is 0 Å². The van der Waals surface area contributed by atoms with E-state index in [0.29, 0.717) is 5.57 Å². The molecule has 1 aliphatic heterocycles. The highest BCUT2D eigenvalue weighted by molar-refractivity contribution is 6.11. The molecule has 2 amide bonds. The number of rotatable bonds is 1. The van der Waals surface area contributed by atoms with Crippen molar-refractivity contribution in [2.45, 2.75) is 6.92 Å². The summed E-state index contributed by atoms with van der Waals surface area (Å²) >= 11 is 0. The Balaban J connectivity index is 2.44. The quantitative estimate of drug-likeness (QED) is 0.567. The summed E-state index contributed by atoms with van der Waals surface area (Å²) in [4.78, 5) is 25.0. The molecule has 1 fully saturated rings. The Kier molecular flexibility index (Phi) is 3.48. The van der Waals surface area contributed by atoms with Gasteiger partial charge in [-0.3, -0.25) is 14.5 Å². The maximum absolute atomic E-state index is 12.1. The zero-order valence-electron chi connectivity index (χ0n) is 10.8. The van der Waals surface area contributed by atoms with E-state index in [1.807, 2.05) is 36.4 Å². The topological polar surface area (TPSA) is 61.2 Å². The molecule has 0 saturated carbocycles. The SMILES string of the molecule is CC1C(=Cc2ccccc2)C(=O)N(C)C(=O)C1C#N. The van der Waals surface area contributed by atoms with Gasteiger partial charge in [0.2, 0.25) is 5.91 Å². The van der Waals surface area contributed by atoms with Crippen molar-refractivity contribution in [3.63, 3.8) is 0 Å². The van der Waals surface area contributed by atoms with Gasteiger partial charge in [0, 0.05) is 18.5 Å². The standard InChI is InChI=1S/C15H14N2O2/c1-10-12(8-11-6-4-3-5-7-11)14(18)17(2)15(19)13(10)9-16/h3-8,10,13H,1-2H3. The molecule has 1 aromatic rings. The molecule has 1 aliphatic rings. The van der Waals surface area contributed by atoms with Gasteiger partial charge in [0.15, 0.2) is 0 Å². The molecule has 4 nitrogen and oxygen atoms in total. The summed E-state index contributed by atoms with van der Waals surface area (Å²) in [5.74, 6) is -1.93. The summed E-state index contributed by atoms with van der Waals surface area (Å²) in [6, 6.07) is 11.4. The lowest BCUT2D eigenvalue weighted by atomic mass is 9.82. The lowest BCUT2D eigenvalue weighted by Crippen LogP contribution is -2.47. The van der Waals surface area contributed by atoms with Gasteiger partial charge < -0.3 is 0 Å². The number of likely N-dealkylation sites (tertiary alicyclic amines) is 1. The van der Waals surface area contributed by atoms with E-state index in [9.17, 15) is 9.59 Å². The number of amides is 2. The Bertz CT molecular complexity index is 584. The molecule has 0 aromatic heterocycles. The van der Waals surface area contributed by atoms with Gasteiger partial charge in [-0.25, -0.2) is 0 Å². The Morgan fingerprint density at radius 2 is 1.89 bits per heavy atom. The van der Waals surface area contributed by atoms with Crippen LogP contribution in [-0.4, -0.2) is 23.8 Å². The summed E-state index contributed by atoms with van der Waals surface area (Å²) in [7, 11) is 1.42. The molecule has 2 unspecified atom stereocenters. The number of benzene rings is 1. The second-order valence-corrected chi connectivity index (χ2v) is 4.61. The fourth-order valence-electron chi connectivity index (χ4n) is 2.18. The lowest BCUT2D eigenvalue weighted by molar-refractivity contribution is -0.146. The van der Waals surface area contributed by atoms with E-state index in [1.54, 1.807) is 13.0 Å². The third-order valence-corrected chi connectivity index (χ3v) is 3.40. The van der Waals surface area contributed by atoms with Gasteiger partial charge >= 0.3 is 0 Å². The molecule has 2 atom stereocenters. The number of nitrogens with zero attached hydrogens (tertiary/aromatic N) is 2. The number of piperidine rings is 1. The van der Waals surface area contributed by atoms with Crippen LogP contribution in [0.15, 0.2) is 35.9 Å². The van der Waals surface area contributed by atoms with Crippen LogP contribution in [0.4, 0.5) is 0 Å². The molecule has 0 N–H and O–H groups in total. The summed E-state index contributed by atoms with van der Waals surface area (Å²) < 4.78 is 0. The van der Waals surface area contributed by atoms with Gasteiger partial charge in [-0.15, -0.1) is 0 Å². The first-order chi connectivity index (χ1) is 9.06. The number of nitriles is 1. The van der Waals surface area contributed by atoms with E-state index in [-0.39, 0.29) is 11.8 Å².